The fourth-order valence-electron chi connectivity index (χ4n) is 1.76. The number of hydrogen-bond acceptors (Lipinski definition) is 2. The molecule has 0 aliphatic carbocycles. The third kappa shape index (κ3) is 3.48. The topological polar surface area (TPSA) is 29.9 Å². The Kier molecular flexibility index (Phi) is 4.64. The molecule has 0 saturated heterocycles. The van der Waals surface area contributed by atoms with E-state index in [0.29, 0.717) is 5.02 Å². The van der Waals surface area contributed by atoms with Crippen LogP contribution in [0.3, 0.4) is 0 Å². The molecule has 96 valence electrons. The molecule has 0 spiro atoms. The minimum Gasteiger partial charge on any atom is -0.312 e. The first-order chi connectivity index (χ1) is 8.66. The van der Waals surface area contributed by atoms with Gasteiger partial charge in [-0.05, 0) is 29.8 Å². The van der Waals surface area contributed by atoms with Crippen molar-refractivity contribution in [3.63, 3.8) is 0 Å². The largest absolute Gasteiger partial charge is 0.312 e. The van der Waals surface area contributed by atoms with Crippen molar-refractivity contribution in [1.29, 1.82) is 0 Å². The lowest BCUT2D eigenvalue weighted by atomic mass is 10.2. The molecule has 0 aliphatic rings. The van der Waals surface area contributed by atoms with Crippen LogP contribution in [0.15, 0.2) is 30.5 Å². The van der Waals surface area contributed by atoms with Crippen LogP contribution in [0.25, 0.3) is 0 Å². The van der Waals surface area contributed by atoms with E-state index in [1.807, 2.05) is 36.1 Å². The SMILES string of the molecule is Cn1nccc1CCNCc1cc(Cl)ccc1Cl. The van der Waals surface area contributed by atoms with E-state index in [-0.39, 0.29) is 0 Å². The Labute approximate surface area is 117 Å². The molecule has 0 saturated carbocycles. The maximum atomic E-state index is 6.09. The van der Waals surface area contributed by atoms with Gasteiger partial charge in [0.25, 0.3) is 0 Å². The van der Waals surface area contributed by atoms with E-state index in [0.717, 1.165) is 30.1 Å². The number of aromatic nitrogens is 2. The van der Waals surface area contributed by atoms with Crippen LogP contribution in [0.2, 0.25) is 10.0 Å². The first-order valence-corrected chi connectivity index (χ1v) is 6.54. The molecule has 2 aromatic rings. The summed E-state index contributed by atoms with van der Waals surface area (Å²) in [7, 11) is 1.95. The van der Waals surface area contributed by atoms with Crippen molar-refractivity contribution in [2.75, 3.05) is 6.54 Å². The van der Waals surface area contributed by atoms with E-state index < -0.39 is 0 Å². The quantitative estimate of drug-likeness (QED) is 0.855. The minimum atomic E-state index is 0.711. The molecular formula is C13H15Cl2N3. The fraction of sp³-hybridized carbons (Fsp3) is 0.308. The van der Waals surface area contributed by atoms with Gasteiger partial charge in [-0.15, -0.1) is 0 Å². The molecule has 0 bridgehead atoms. The Morgan fingerprint density at radius 2 is 2.11 bits per heavy atom. The highest BCUT2D eigenvalue weighted by Gasteiger charge is 2.02. The van der Waals surface area contributed by atoms with Crippen LogP contribution in [-0.4, -0.2) is 16.3 Å². The summed E-state index contributed by atoms with van der Waals surface area (Å²) in [6, 6.07) is 7.53. The monoisotopic (exact) mass is 283 g/mol. The predicted octanol–water partition coefficient (Wildman–Crippen LogP) is 3.06. The molecule has 0 unspecified atom stereocenters. The van der Waals surface area contributed by atoms with Gasteiger partial charge in [0.1, 0.15) is 0 Å². The van der Waals surface area contributed by atoms with Crippen LogP contribution < -0.4 is 5.32 Å². The lowest BCUT2D eigenvalue weighted by Gasteiger charge is -2.07. The minimum absolute atomic E-state index is 0.711. The van der Waals surface area contributed by atoms with Crippen LogP contribution >= 0.6 is 23.2 Å². The first-order valence-electron chi connectivity index (χ1n) is 5.78. The van der Waals surface area contributed by atoms with Gasteiger partial charge < -0.3 is 5.32 Å². The van der Waals surface area contributed by atoms with Crippen molar-refractivity contribution < 1.29 is 0 Å². The summed E-state index contributed by atoms with van der Waals surface area (Å²) >= 11 is 12.0. The zero-order valence-electron chi connectivity index (χ0n) is 10.2. The number of nitrogens with zero attached hydrogens (tertiary/aromatic N) is 2. The molecule has 0 fully saturated rings. The van der Waals surface area contributed by atoms with Crippen molar-refractivity contribution >= 4 is 23.2 Å². The van der Waals surface area contributed by atoms with Gasteiger partial charge in [0, 0.05) is 48.5 Å². The lowest BCUT2D eigenvalue weighted by molar-refractivity contribution is 0.643. The molecule has 1 heterocycles. The summed E-state index contributed by atoms with van der Waals surface area (Å²) in [5.74, 6) is 0. The molecule has 0 radical (unpaired) electrons. The summed E-state index contributed by atoms with van der Waals surface area (Å²) in [4.78, 5) is 0. The number of rotatable bonds is 5. The molecule has 1 N–H and O–H groups in total. The number of nitrogens with one attached hydrogen (secondary N) is 1. The van der Waals surface area contributed by atoms with Crippen molar-refractivity contribution in [2.24, 2.45) is 7.05 Å². The maximum absolute atomic E-state index is 6.09. The van der Waals surface area contributed by atoms with Crippen LogP contribution in [0.1, 0.15) is 11.3 Å². The Hall–Kier alpha value is -1.03. The molecule has 1 aromatic heterocycles. The van der Waals surface area contributed by atoms with Gasteiger partial charge in [-0.3, -0.25) is 4.68 Å². The Morgan fingerprint density at radius 3 is 2.83 bits per heavy atom. The zero-order chi connectivity index (χ0) is 13.0. The highest BCUT2D eigenvalue weighted by molar-refractivity contribution is 6.33. The molecule has 0 aliphatic heterocycles. The van der Waals surface area contributed by atoms with E-state index >= 15 is 0 Å². The molecule has 2 rings (SSSR count). The third-order valence-electron chi connectivity index (χ3n) is 2.80. The Balaban J connectivity index is 1.82. The normalized spacial score (nSPS) is 10.8. The summed E-state index contributed by atoms with van der Waals surface area (Å²) in [5.41, 5.74) is 2.23. The number of benzene rings is 1. The van der Waals surface area contributed by atoms with E-state index in [9.17, 15) is 0 Å². The van der Waals surface area contributed by atoms with Gasteiger partial charge in [-0.25, -0.2) is 0 Å². The van der Waals surface area contributed by atoms with Crippen molar-refractivity contribution in [1.82, 2.24) is 15.1 Å². The molecule has 3 nitrogen and oxygen atoms in total. The summed E-state index contributed by atoms with van der Waals surface area (Å²) in [6.07, 6.45) is 2.75. The van der Waals surface area contributed by atoms with Crippen LogP contribution in [0.4, 0.5) is 0 Å². The van der Waals surface area contributed by atoms with Gasteiger partial charge in [0.2, 0.25) is 0 Å². The number of halogens is 2. The second-order valence-corrected chi connectivity index (χ2v) is 4.95. The van der Waals surface area contributed by atoms with Crippen LogP contribution in [-0.2, 0) is 20.0 Å². The van der Waals surface area contributed by atoms with E-state index in [2.05, 4.69) is 10.4 Å². The van der Waals surface area contributed by atoms with E-state index in [1.54, 1.807) is 6.07 Å². The second-order valence-electron chi connectivity index (χ2n) is 4.11. The third-order valence-corrected chi connectivity index (χ3v) is 3.41. The van der Waals surface area contributed by atoms with E-state index in [1.165, 1.54) is 5.69 Å². The summed E-state index contributed by atoms with van der Waals surface area (Å²) in [5, 5.41) is 8.93. The zero-order valence-corrected chi connectivity index (χ0v) is 11.7. The number of aryl methyl sites for hydroxylation is 1. The molecule has 18 heavy (non-hydrogen) atoms. The van der Waals surface area contributed by atoms with Crippen molar-refractivity contribution in [3.8, 4) is 0 Å². The molecular weight excluding hydrogens is 269 g/mol. The highest BCUT2D eigenvalue weighted by atomic mass is 35.5. The maximum Gasteiger partial charge on any atom is 0.0492 e. The molecule has 0 atom stereocenters. The van der Waals surface area contributed by atoms with Crippen LogP contribution in [0.5, 0.6) is 0 Å². The highest BCUT2D eigenvalue weighted by Crippen LogP contribution is 2.20. The summed E-state index contributed by atoms with van der Waals surface area (Å²) < 4.78 is 1.88. The standard InChI is InChI=1S/C13H15Cl2N3/c1-18-12(5-7-17-18)4-6-16-9-10-8-11(14)2-3-13(10)15/h2-3,5,7-8,16H,4,6,9H2,1H3. The van der Waals surface area contributed by atoms with Crippen LogP contribution in [0, 0.1) is 0 Å². The fourth-order valence-corrected chi connectivity index (χ4v) is 2.14. The molecule has 5 heteroatoms. The summed E-state index contributed by atoms with van der Waals surface area (Å²) in [6.45, 7) is 1.60. The van der Waals surface area contributed by atoms with Crippen molar-refractivity contribution in [2.45, 2.75) is 13.0 Å². The second kappa shape index (κ2) is 6.23. The molecule has 0 amide bonds. The number of hydrogen-bond donors (Lipinski definition) is 1. The smallest absolute Gasteiger partial charge is 0.0492 e. The van der Waals surface area contributed by atoms with E-state index in [4.69, 9.17) is 23.2 Å². The van der Waals surface area contributed by atoms with Gasteiger partial charge in [0.05, 0.1) is 0 Å². The van der Waals surface area contributed by atoms with Gasteiger partial charge >= 0.3 is 0 Å². The molecule has 1 aromatic carbocycles. The average molecular weight is 284 g/mol. The van der Waals surface area contributed by atoms with Gasteiger partial charge in [-0.1, -0.05) is 23.2 Å². The van der Waals surface area contributed by atoms with Crippen molar-refractivity contribution in [3.05, 3.63) is 51.8 Å². The Bertz CT molecular complexity index is 523. The lowest BCUT2D eigenvalue weighted by Crippen LogP contribution is -2.18. The average Bonchev–Trinajstić information content (AvgIpc) is 2.75. The van der Waals surface area contributed by atoms with Gasteiger partial charge in [-0.2, -0.15) is 5.10 Å². The first kappa shape index (κ1) is 13.4. The van der Waals surface area contributed by atoms with Gasteiger partial charge in [0.15, 0.2) is 0 Å². The predicted molar refractivity (Wildman–Crippen MR) is 75.1 cm³/mol. The Morgan fingerprint density at radius 1 is 1.28 bits per heavy atom.